The number of hydrogen-bond donors (Lipinski definition) is 4. The number of piperidine rings is 1. The molecule has 14 heteroatoms. The zero-order chi connectivity index (χ0) is 36.2. The molecule has 0 saturated carbocycles. The molecule has 3 unspecified atom stereocenters. The molecule has 0 radical (unpaired) electrons. The molecular weight excluding hydrogens is 664 g/mol. The number of ether oxygens (including phenoxy) is 2. The molecule has 14 nitrogen and oxygen atoms in total. The summed E-state index contributed by atoms with van der Waals surface area (Å²) in [5.41, 5.74) is 4.07. The third-order valence-electron chi connectivity index (χ3n) is 9.47. The number of aliphatic hydroxyl groups is 2. The quantitative estimate of drug-likeness (QED) is 0.103. The van der Waals surface area contributed by atoms with E-state index >= 15 is 0 Å². The molecule has 1 fully saturated rings. The molecular formula is C38H40N8O6. The van der Waals surface area contributed by atoms with Crippen LogP contribution in [0.2, 0.25) is 0 Å². The van der Waals surface area contributed by atoms with Crippen LogP contribution in [0.4, 0.5) is 5.69 Å². The fraction of sp³-hybridized carbons (Fsp3) is 0.316. The van der Waals surface area contributed by atoms with Crippen molar-refractivity contribution in [2.45, 2.75) is 63.6 Å². The predicted molar refractivity (Wildman–Crippen MR) is 190 cm³/mol. The van der Waals surface area contributed by atoms with Gasteiger partial charge >= 0.3 is 0 Å². The van der Waals surface area contributed by atoms with Crippen molar-refractivity contribution in [1.82, 2.24) is 35.2 Å². The van der Waals surface area contributed by atoms with E-state index in [0.29, 0.717) is 60.9 Å². The summed E-state index contributed by atoms with van der Waals surface area (Å²) in [6.07, 6.45) is 4.11. The van der Waals surface area contributed by atoms with Crippen LogP contribution in [-0.4, -0.2) is 83.5 Å². The Morgan fingerprint density at radius 1 is 0.846 bits per heavy atom. The molecule has 7 rings (SSSR count). The molecule has 4 heterocycles. The molecule has 3 aromatic carbocycles. The van der Waals surface area contributed by atoms with Gasteiger partial charge in [-0.05, 0) is 78.9 Å². The molecule has 2 amide bonds. The van der Waals surface area contributed by atoms with Gasteiger partial charge in [0.05, 0.1) is 41.9 Å². The Morgan fingerprint density at radius 2 is 1.52 bits per heavy atom. The maximum atomic E-state index is 13.1. The Balaban J connectivity index is 0.868. The first kappa shape index (κ1) is 34.7. The number of imide groups is 1. The van der Waals surface area contributed by atoms with Gasteiger partial charge < -0.3 is 25.0 Å². The summed E-state index contributed by atoms with van der Waals surface area (Å²) < 4.78 is 12.0. The van der Waals surface area contributed by atoms with E-state index in [-0.39, 0.29) is 12.0 Å². The van der Waals surface area contributed by atoms with E-state index in [1.807, 2.05) is 24.3 Å². The van der Waals surface area contributed by atoms with Crippen molar-refractivity contribution in [3.63, 3.8) is 0 Å². The van der Waals surface area contributed by atoms with E-state index in [9.17, 15) is 19.8 Å². The van der Waals surface area contributed by atoms with Gasteiger partial charge in [-0.15, -0.1) is 4.80 Å². The number of nitrogens with zero attached hydrogens (tertiary/aromatic N) is 6. The third kappa shape index (κ3) is 7.35. The Kier molecular flexibility index (Phi) is 9.94. The van der Waals surface area contributed by atoms with Gasteiger partial charge in [0.15, 0.2) is 0 Å². The lowest BCUT2D eigenvalue weighted by molar-refractivity contribution is -0.0413. The first-order valence-corrected chi connectivity index (χ1v) is 17.2. The van der Waals surface area contributed by atoms with Crippen LogP contribution in [0, 0.1) is 0 Å². The summed E-state index contributed by atoms with van der Waals surface area (Å²) in [5, 5.41) is 34.1. The second-order valence-corrected chi connectivity index (χ2v) is 13.3. The molecule has 3 atom stereocenters. The summed E-state index contributed by atoms with van der Waals surface area (Å²) in [6.45, 7) is 5.73. The van der Waals surface area contributed by atoms with E-state index in [1.165, 1.54) is 4.80 Å². The molecule has 0 spiro atoms. The number of carbonyl (C=O) groups is 2. The van der Waals surface area contributed by atoms with Crippen LogP contribution < -0.4 is 20.1 Å². The molecule has 1 saturated heterocycles. The van der Waals surface area contributed by atoms with Crippen molar-refractivity contribution in [3.8, 4) is 17.4 Å². The zero-order valence-electron chi connectivity index (χ0n) is 28.8. The van der Waals surface area contributed by atoms with Crippen LogP contribution in [0.5, 0.6) is 11.5 Å². The third-order valence-corrected chi connectivity index (χ3v) is 9.47. The number of rotatable bonds is 13. The zero-order valence-corrected chi connectivity index (χ0v) is 28.8. The van der Waals surface area contributed by atoms with Crippen LogP contribution in [0.1, 0.15) is 70.6 Å². The highest BCUT2D eigenvalue weighted by atomic mass is 16.5. The van der Waals surface area contributed by atoms with Crippen LogP contribution >= 0.6 is 0 Å². The maximum absolute atomic E-state index is 13.1. The number of anilines is 1. The van der Waals surface area contributed by atoms with Gasteiger partial charge in [-0.1, -0.05) is 38.1 Å². The smallest absolute Gasteiger partial charge is 0.269 e. The topological polar surface area (TPSA) is 177 Å². The molecule has 268 valence electrons. The molecule has 2 aliphatic heterocycles. The largest absolute Gasteiger partial charge is 0.494 e. The lowest BCUT2D eigenvalue weighted by Crippen LogP contribution is -2.58. The van der Waals surface area contributed by atoms with Gasteiger partial charge in [0.1, 0.15) is 30.6 Å². The standard InChI is InChI=1S/C38H40N8O6/c1-38(2,25-6-11-29(12-7-25)52-23-27-16-18-40-37(43-27)46-41-19-20-42-46)24-4-9-28(10-5-24)51-21-3-17-39-26-8-13-30-31(22-26)36(50)45(35(30)49)32-14-15-33(47)44-34(32)48/h4-13,16,18-20,22,32-34,39,44,47-48H,3,14-15,17,21,23H2,1-2H3. The number of nitrogens with one attached hydrogen (secondary N) is 2. The number of amides is 2. The number of benzene rings is 3. The molecule has 0 bridgehead atoms. The monoisotopic (exact) mass is 704 g/mol. The van der Waals surface area contributed by atoms with Crippen LogP contribution in [0.15, 0.2) is 91.4 Å². The molecule has 2 aromatic heterocycles. The normalized spacial score (nSPS) is 18.7. The lowest BCUT2D eigenvalue weighted by Gasteiger charge is -2.36. The van der Waals surface area contributed by atoms with E-state index in [4.69, 9.17) is 9.47 Å². The van der Waals surface area contributed by atoms with Gasteiger partial charge in [0.2, 0.25) is 0 Å². The number of aromatic nitrogens is 5. The average Bonchev–Trinajstić information content (AvgIpc) is 3.78. The van der Waals surface area contributed by atoms with Crippen molar-refractivity contribution in [3.05, 3.63) is 119 Å². The minimum absolute atomic E-state index is 0.256. The van der Waals surface area contributed by atoms with E-state index in [1.54, 1.807) is 42.9 Å². The second-order valence-electron chi connectivity index (χ2n) is 13.3. The van der Waals surface area contributed by atoms with Gasteiger partial charge in [0, 0.05) is 23.8 Å². The number of fused-ring (bicyclic) bond motifs is 1. The van der Waals surface area contributed by atoms with E-state index in [0.717, 1.165) is 27.5 Å². The highest BCUT2D eigenvalue weighted by Gasteiger charge is 2.44. The number of hydrogen-bond acceptors (Lipinski definition) is 12. The molecule has 2 aliphatic rings. The molecule has 52 heavy (non-hydrogen) atoms. The summed E-state index contributed by atoms with van der Waals surface area (Å²) in [7, 11) is 0. The number of aliphatic hydroxyl groups excluding tert-OH is 2. The molecule has 5 aromatic rings. The Hall–Kier alpha value is -5.70. The van der Waals surface area contributed by atoms with Crippen molar-refractivity contribution in [2.24, 2.45) is 0 Å². The van der Waals surface area contributed by atoms with Gasteiger partial charge in [-0.25, -0.2) is 9.97 Å². The van der Waals surface area contributed by atoms with Crippen LogP contribution in [-0.2, 0) is 12.0 Å². The fourth-order valence-electron chi connectivity index (χ4n) is 6.45. The molecule has 0 aliphatic carbocycles. The predicted octanol–water partition coefficient (Wildman–Crippen LogP) is 3.83. The van der Waals surface area contributed by atoms with Crippen LogP contribution in [0.3, 0.4) is 0 Å². The SMILES string of the molecule is CC(C)(c1ccc(OCCCNc2ccc3c(c2)C(=O)N(C2CCC(O)NC2O)C3=O)cc1)c1ccc(OCc2ccnc(-n3nccn3)n2)cc1. The molecule has 4 N–H and O–H groups in total. The minimum atomic E-state index is -1.19. The fourth-order valence-corrected chi connectivity index (χ4v) is 6.45. The van der Waals surface area contributed by atoms with Crippen molar-refractivity contribution >= 4 is 17.5 Å². The van der Waals surface area contributed by atoms with Gasteiger partial charge in [-0.2, -0.15) is 10.2 Å². The summed E-state index contributed by atoms with van der Waals surface area (Å²) in [5.74, 6) is 1.01. The van der Waals surface area contributed by atoms with E-state index < -0.39 is 30.3 Å². The Bertz CT molecular complexity index is 2020. The number of carbonyl (C=O) groups excluding carboxylic acids is 2. The second kappa shape index (κ2) is 14.9. The van der Waals surface area contributed by atoms with Gasteiger partial charge in [-0.3, -0.25) is 19.8 Å². The highest BCUT2D eigenvalue weighted by molar-refractivity contribution is 6.22. The highest BCUT2D eigenvalue weighted by Crippen LogP contribution is 2.34. The van der Waals surface area contributed by atoms with Crippen LogP contribution in [0.25, 0.3) is 5.95 Å². The first-order valence-electron chi connectivity index (χ1n) is 17.2. The van der Waals surface area contributed by atoms with E-state index in [2.05, 4.69) is 68.9 Å². The maximum Gasteiger partial charge on any atom is 0.269 e. The van der Waals surface area contributed by atoms with Crippen molar-refractivity contribution in [2.75, 3.05) is 18.5 Å². The average molecular weight is 705 g/mol. The first-order chi connectivity index (χ1) is 25.2. The Morgan fingerprint density at radius 3 is 2.21 bits per heavy atom. The summed E-state index contributed by atoms with van der Waals surface area (Å²) in [4.78, 5) is 37.3. The summed E-state index contributed by atoms with van der Waals surface area (Å²) in [6, 6.07) is 22.3. The minimum Gasteiger partial charge on any atom is -0.494 e. The van der Waals surface area contributed by atoms with Crippen molar-refractivity contribution in [1.29, 1.82) is 0 Å². The van der Waals surface area contributed by atoms with Gasteiger partial charge in [0.25, 0.3) is 17.8 Å². The lowest BCUT2D eigenvalue weighted by atomic mass is 9.78. The summed E-state index contributed by atoms with van der Waals surface area (Å²) >= 11 is 0. The Labute approximate surface area is 300 Å². The van der Waals surface area contributed by atoms with Crippen molar-refractivity contribution < 1.29 is 29.3 Å².